The summed E-state index contributed by atoms with van der Waals surface area (Å²) in [5.41, 5.74) is 5.40. The molecule has 0 aromatic rings. The normalized spacial score (nSPS) is 26.6. The minimum atomic E-state index is -3.25. The zero-order chi connectivity index (χ0) is 15.5. The van der Waals surface area contributed by atoms with E-state index in [0.717, 1.165) is 37.9 Å². The smallest absolute Gasteiger partial charge is 0.231 e. The highest BCUT2D eigenvalue weighted by Crippen LogP contribution is 2.38. The lowest BCUT2D eigenvalue weighted by molar-refractivity contribution is -0.144. The SMILES string of the molecule is CCS(=O)(=O)C1CSCCN1C(=O)C1(CN)CCCCC1. The molecule has 2 N–H and O–H groups in total. The Balaban J connectivity index is 2.26. The molecule has 0 bridgehead atoms. The van der Waals surface area contributed by atoms with Crippen molar-refractivity contribution in [1.82, 2.24) is 4.90 Å². The van der Waals surface area contributed by atoms with Gasteiger partial charge in [-0.3, -0.25) is 4.79 Å². The predicted octanol–water partition coefficient (Wildman–Crippen LogP) is 1.23. The summed E-state index contributed by atoms with van der Waals surface area (Å²) in [5.74, 6) is 1.36. The van der Waals surface area contributed by atoms with Gasteiger partial charge in [0.25, 0.3) is 0 Å². The van der Waals surface area contributed by atoms with E-state index in [1.807, 2.05) is 0 Å². The maximum atomic E-state index is 13.1. The fourth-order valence-electron chi connectivity index (χ4n) is 3.34. The molecule has 1 saturated carbocycles. The third kappa shape index (κ3) is 3.40. The summed E-state index contributed by atoms with van der Waals surface area (Å²) in [5, 5.41) is -0.667. The Morgan fingerprint density at radius 2 is 2.00 bits per heavy atom. The molecule has 7 heteroatoms. The zero-order valence-electron chi connectivity index (χ0n) is 12.7. The van der Waals surface area contributed by atoms with Crippen LogP contribution in [0.3, 0.4) is 0 Å². The van der Waals surface area contributed by atoms with E-state index in [0.29, 0.717) is 18.8 Å². The Morgan fingerprint density at radius 1 is 1.33 bits per heavy atom. The lowest BCUT2D eigenvalue weighted by Gasteiger charge is -2.43. The van der Waals surface area contributed by atoms with Crippen molar-refractivity contribution in [2.45, 2.75) is 44.4 Å². The molecule has 1 unspecified atom stereocenters. The second kappa shape index (κ2) is 6.87. The molecule has 0 aromatic carbocycles. The van der Waals surface area contributed by atoms with Crippen molar-refractivity contribution in [2.75, 3.05) is 30.3 Å². The molecule has 2 aliphatic rings. The van der Waals surface area contributed by atoms with Crippen LogP contribution >= 0.6 is 11.8 Å². The highest BCUT2D eigenvalue weighted by molar-refractivity contribution is 8.01. The van der Waals surface area contributed by atoms with Gasteiger partial charge < -0.3 is 10.6 Å². The van der Waals surface area contributed by atoms with Crippen LogP contribution in [0.25, 0.3) is 0 Å². The minimum Gasteiger partial charge on any atom is -0.329 e. The molecule has 0 aromatic heterocycles. The number of amides is 1. The van der Waals surface area contributed by atoms with Crippen LogP contribution in [0.1, 0.15) is 39.0 Å². The Labute approximate surface area is 131 Å². The molecule has 1 amide bonds. The van der Waals surface area contributed by atoms with Crippen molar-refractivity contribution in [3.8, 4) is 0 Å². The van der Waals surface area contributed by atoms with Gasteiger partial charge in [0.15, 0.2) is 9.84 Å². The fourth-order valence-corrected chi connectivity index (χ4v) is 6.31. The van der Waals surface area contributed by atoms with Crippen molar-refractivity contribution in [3.63, 3.8) is 0 Å². The number of carbonyl (C=O) groups excluding carboxylic acids is 1. The van der Waals surface area contributed by atoms with Crippen LogP contribution in [-0.4, -0.2) is 54.9 Å². The molecule has 1 aliphatic heterocycles. The van der Waals surface area contributed by atoms with Gasteiger partial charge in [-0.05, 0) is 12.8 Å². The molecule has 5 nitrogen and oxygen atoms in total. The topological polar surface area (TPSA) is 80.5 Å². The molecule has 122 valence electrons. The van der Waals surface area contributed by atoms with Crippen LogP contribution in [0, 0.1) is 5.41 Å². The number of rotatable bonds is 4. The number of sulfone groups is 1. The summed E-state index contributed by atoms with van der Waals surface area (Å²) < 4.78 is 24.6. The summed E-state index contributed by atoms with van der Waals surface area (Å²) in [4.78, 5) is 14.7. The highest BCUT2D eigenvalue weighted by Gasteiger charge is 2.45. The summed E-state index contributed by atoms with van der Waals surface area (Å²) in [6, 6.07) is 0. The average molecular weight is 335 g/mol. The number of nitrogens with two attached hydrogens (primary N) is 1. The summed E-state index contributed by atoms with van der Waals surface area (Å²) >= 11 is 1.62. The first kappa shape index (κ1) is 17.1. The second-order valence-electron chi connectivity index (χ2n) is 6.02. The molecule has 1 aliphatic carbocycles. The van der Waals surface area contributed by atoms with Gasteiger partial charge >= 0.3 is 0 Å². The first-order chi connectivity index (χ1) is 9.97. The summed E-state index contributed by atoms with van der Waals surface area (Å²) in [6.45, 7) is 2.50. The first-order valence-electron chi connectivity index (χ1n) is 7.77. The summed E-state index contributed by atoms with van der Waals surface area (Å²) in [7, 11) is -3.25. The van der Waals surface area contributed by atoms with E-state index in [9.17, 15) is 13.2 Å². The molecule has 1 atom stereocenters. The molecular weight excluding hydrogens is 308 g/mol. The van der Waals surface area contributed by atoms with Gasteiger partial charge in [0.2, 0.25) is 5.91 Å². The lowest BCUT2D eigenvalue weighted by Crippen LogP contribution is -2.57. The zero-order valence-corrected chi connectivity index (χ0v) is 14.3. The number of hydrogen-bond donors (Lipinski definition) is 1. The molecule has 0 spiro atoms. The molecule has 21 heavy (non-hydrogen) atoms. The molecule has 1 heterocycles. The number of thioether (sulfide) groups is 1. The van der Waals surface area contributed by atoms with E-state index in [4.69, 9.17) is 5.73 Å². The van der Waals surface area contributed by atoms with Crippen LogP contribution in [0.2, 0.25) is 0 Å². The maximum Gasteiger partial charge on any atom is 0.231 e. The van der Waals surface area contributed by atoms with Gasteiger partial charge in [0.05, 0.1) is 5.41 Å². The third-order valence-electron chi connectivity index (χ3n) is 4.82. The fraction of sp³-hybridized carbons (Fsp3) is 0.929. The predicted molar refractivity (Wildman–Crippen MR) is 86.9 cm³/mol. The van der Waals surface area contributed by atoms with Crippen LogP contribution in [0.15, 0.2) is 0 Å². The number of carbonyl (C=O) groups is 1. The highest BCUT2D eigenvalue weighted by atomic mass is 32.2. The Morgan fingerprint density at radius 3 is 2.57 bits per heavy atom. The quantitative estimate of drug-likeness (QED) is 0.836. The van der Waals surface area contributed by atoms with Crippen LogP contribution in [0.4, 0.5) is 0 Å². The number of hydrogen-bond acceptors (Lipinski definition) is 5. The third-order valence-corrected chi connectivity index (χ3v) is 8.11. The lowest BCUT2D eigenvalue weighted by atomic mass is 9.73. The largest absolute Gasteiger partial charge is 0.329 e. The van der Waals surface area contributed by atoms with E-state index >= 15 is 0 Å². The Kier molecular flexibility index (Phi) is 5.59. The molecule has 2 fully saturated rings. The van der Waals surface area contributed by atoms with Crippen LogP contribution < -0.4 is 5.73 Å². The molecule has 1 saturated heterocycles. The van der Waals surface area contributed by atoms with Gasteiger partial charge in [-0.15, -0.1) is 0 Å². The average Bonchev–Trinajstić information content (AvgIpc) is 2.54. The van der Waals surface area contributed by atoms with E-state index in [-0.39, 0.29) is 11.7 Å². The van der Waals surface area contributed by atoms with Gasteiger partial charge in [-0.25, -0.2) is 8.42 Å². The minimum absolute atomic E-state index is 0.0213. The summed E-state index contributed by atoms with van der Waals surface area (Å²) in [6.07, 6.45) is 4.75. The maximum absolute atomic E-state index is 13.1. The molecule has 0 radical (unpaired) electrons. The van der Waals surface area contributed by atoms with Gasteiger partial charge in [0, 0.05) is 30.3 Å². The Bertz CT molecular complexity index is 473. The number of nitrogens with zero attached hydrogens (tertiary/aromatic N) is 1. The molecule has 2 rings (SSSR count). The van der Waals surface area contributed by atoms with Crippen molar-refractivity contribution in [3.05, 3.63) is 0 Å². The standard InChI is InChI=1S/C14H26N2O3S2/c1-2-21(18,19)12-10-20-9-8-16(12)13(17)14(11-15)6-4-3-5-7-14/h12H,2-11,15H2,1H3. The van der Waals surface area contributed by atoms with E-state index < -0.39 is 20.6 Å². The van der Waals surface area contributed by atoms with E-state index in [1.54, 1.807) is 23.6 Å². The van der Waals surface area contributed by atoms with Gasteiger partial charge in [0.1, 0.15) is 5.37 Å². The van der Waals surface area contributed by atoms with Crippen molar-refractivity contribution in [1.29, 1.82) is 0 Å². The monoisotopic (exact) mass is 334 g/mol. The molecular formula is C14H26N2O3S2. The second-order valence-corrected chi connectivity index (χ2v) is 9.62. The van der Waals surface area contributed by atoms with Crippen molar-refractivity contribution < 1.29 is 13.2 Å². The van der Waals surface area contributed by atoms with Gasteiger partial charge in [-0.2, -0.15) is 11.8 Å². The van der Waals surface area contributed by atoms with Crippen LogP contribution in [0.5, 0.6) is 0 Å². The first-order valence-corrected chi connectivity index (χ1v) is 10.6. The van der Waals surface area contributed by atoms with Crippen LogP contribution in [-0.2, 0) is 14.6 Å². The Hall–Kier alpha value is -0.270. The van der Waals surface area contributed by atoms with E-state index in [2.05, 4.69) is 0 Å². The van der Waals surface area contributed by atoms with Gasteiger partial charge in [-0.1, -0.05) is 26.2 Å². The van der Waals surface area contributed by atoms with Crippen molar-refractivity contribution in [2.24, 2.45) is 11.1 Å². The van der Waals surface area contributed by atoms with E-state index in [1.165, 1.54) is 0 Å². The van der Waals surface area contributed by atoms with Crippen molar-refractivity contribution >= 4 is 27.5 Å².